The van der Waals surface area contributed by atoms with Crippen LogP contribution in [-0.4, -0.2) is 96.2 Å². The number of alkyl halides is 25. The van der Waals surface area contributed by atoms with E-state index in [0.717, 1.165) is 5.32 Å². The topological polar surface area (TPSA) is 114 Å². The van der Waals surface area contributed by atoms with E-state index in [1.807, 2.05) is 0 Å². The molecule has 1 aromatic carbocycles. The number of carbonyl (C=O) groups is 2. The van der Waals surface area contributed by atoms with Gasteiger partial charge >= 0.3 is 77.3 Å². The van der Waals surface area contributed by atoms with Crippen molar-refractivity contribution in [3.63, 3.8) is 0 Å². The van der Waals surface area contributed by atoms with Gasteiger partial charge in [-0.05, 0) is 18.6 Å². The standard InChI is InChI=1S/C25H10F25N3O5/c1-7-3-9(51-4-54)12(52-5-55)10(13(57)53-6-58-8(2)56)11(7)14(26,27)15(28,29)16(30,31)17(32,33)18(34,35)19(36,37)20(38,39)21(40,41)22(42,43)23(44,45)24(46,47)25(48,49)50/h3H,6H2,1-2H3,(H,53,57). The first kappa shape index (κ1) is 51.2. The quantitative estimate of drug-likeness (QED) is 0.0585. The minimum atomic E-state index is -9.81. The number of ether oxygens (including phenoxy) is 1. The van der Waals surface area contributed by atoms with Gasteiger partial charge in [0.2, 0.25) is 12.2 Å². The van der Waals surface area contributed by atoms with Gasteiger partial charge in [0.1, 0.15) is 11.4 Å². The summed E-state index contributed by atoms with van der Waals surface area (Å²) < 4.78 is 354. The van der Waals surface area contributed by atoms with Crippen LogP contribution >= 0.6 is 0 Å². The second kappa shape index (κ2) is 14.8. The molecule has 1 aromatic rings. The Balaban J connectivity index is 4.28. The van der Waals surface area contributed by atoms with Gasteiger partial charge in [0.25, 0.3) is 5.91 Å². The second-order valence-corrected chi connectivity index (χ2v) is 10.8. The molecule has 58 heavy (non-hydrogen) atoms. The number of nitrogens with zero attached hydrogens (tertiary/aromatic N) is 2. The van der Waals surface area contributed by atoms with Gasteiger partial charge in [-0.3, -0.25) is 9.59 Å². The van der Waals surface area contributed by atoms with E-state index < -0.39 is 118 Å². The monoisotopic (exact) mass is 907 g/mol. The predicted molar refractivity (Wildman–Crippen MR) is 130 cm³/mol. The number of hydrogen-bond acceptors (Lipinski definition) is 7. The molecule has 0 saturated heterocycles. The van der Waals surface area contributed by atoms with Gasteiger partial charge in [-0.2, -0.15) is 120 Å². The maximum Gasteiger partial charge on any atom is 0.460 e. The molecule has 0 unspecified atom stereocenters. The molecule has 0 spiro atoms. The van der Waals surface area contributed by atoms with Gasteiger partial charge in [0.15, 0.2) is 6.73 Å². The average Bonchev–Trinajstić information content (AvgIpc) is 3.03. The summed E-state index contributed by atoms with van der Waals surface area (Å²) in [5.74, 6) is -106. The molecule has 0 fully saturated rings. The lowest BCUT2D eigenvalue weighted by molar-refractivity contribution is -0.482. The number of isocyanates is 2. The zero-order valence-electron chi connectivity index (χ0n) is 26.7. The van der Waals surface area contributed by atoms with Gasteiger partial charge in [0.05, 0.1) is 5.56 Å². The number of hydrogen-bond donors (Lipinski definition) is 1. The molecule has 33 heteroatoms. The third-order valence-corrected chi connectivity index (χ3v) is 7.15. The number of nitrogens with one attached hydrogen (secondary N) is 1. The van der Waals surface area contributed by atoms with Crippen LogP contribution in [0.15, 0.2) is 16.1 Å². The summed E-state index contributed by atoms with van der Waals surface area (Å²) in [7, 11) is 0. The van der Waals surface area contributed by atoms with Crippen LogP contribution in [0.4, 0.5) is 121 Å². The van der Waals surface area contributed by atoms with Gasteiger partial charge in [-0.25, -0.2) is 9.59 Å². The fraction of sp³-hybridized carbons (Fsp3) is 0.600. The maximum absolute atomic E-state index is 15.5. The third kappa shape index (κ3) is 6.95. The van der Waals surface area contributed by atoms with E-state index in [-0.39, 0.29) is 13.0 Å². The molecule has 0 saturated carbocycles. The van der Waals surface area contributed by atoms with E-state index in [2.05, 4.69) is 14.7 Å². The van der Waals surface area contributed by atoms with Crippen molar-refractivity contribution in [2.24, 2.45) is 9.98 Å². The van der Waals surface area contributed by atoms with Crippen LogP contribution in [0.1, 0.15) is 28.4 Å². The lowest BCUT2D eigenvalue weighted by Gasteiger charge is -2.45. The highest BCUT2D eigenvalue weighted by Gasteiger charge is 2.99. The second-order valence-electron chi connectivity index (χ2n) is 10.8. The van der Waals surface area contributed by atoms with E-state index in [9.17, 15) is 111 Å². The molecule has 0 bridgehead atoms. The number of carbonyl (C=O) groups excluding carboxylic acids is 4. The van der Waals surface area contributed by atoms with Crippen molar-refractivity contribution in [1.29, 1.82) is 0 Å². The summed E-state index contributed by atoms with van der Waals surface area (Å²) in [6, 6.07) is -0.289. The lowest BCUT2D eigenvalue weighted by atomic mass is 9.82. The fourth-order valence-corrected chi connectivity index (χ4v) is 4.11. The first-order valence-electron chi connectivity index (χ1n) is 13.4. The van der Waals surface area contributed by atoms with E-state index >= 15 is 17.6 Å². The fourth-order valence-electron chi connectivity index (χ4n) is 4.11. The average molecular weight is 907 g/mol. The summed E-state index contributed by atoms with van der Waals surface area (Å²) in [5, 5.41) is 1.15. The highest BCUT2D eigenvalue weighted by Crippen LogP contribution is 2.68. The van der Waals surface area contributed by atoms with Crippen LogP contribution in [0, 0.1) is 6.92 Å². The van der Waals surface area contributed by atoms with E-state index in [1.54, 1.807) is 0 Å². The molecular weight excluding hydrogens is 897 g/mol. The maximum atomic E-state index is 15.5. The van der Waals surface area contributed by atoms with Crippen LogP contribution in [0.25, 0.3) is 0 Å². The molecule has 0 aliphatic heterocycles. The molecule has 0 aliphatic rings. The summed E-state index contributed by atoms with van der Waals surface area (Å²) in [6.45, 7) is -1.16. The molecule has 0 radical (unpaired) electrons. The van der Waals surface area contributed by atoms with Crippen LogP contribution in [0.5, 0.6) is 0 Å². The first-order chi connectivity index (χ1) is 25.4. The van der Waals surface area contributed by atoms with Gasteiger partial charge in [0, 0.05) is 12.5 Å². The van der Waals surface area contributed by atoms with Crippen molar-refractivity contribution < 1.29 is 134 Å². The minimum Gasteiger partial charge on any atom is -0.445 e. The van der Waals surface area contributed by atoms with Gasteiger partial charge < -0.3 is 10.1 Å². The molecule has 0 atom stereocenters. The number of aliphatic imine (C=N–C) groups is 2. The molecule has 0 aromatic heterocycles. The molecule has 0 heterocycles. The van der Waals surface area contributed by atoms with Crippen molar-refractivity contribution >= 4 is 35.4 Å². The van der Waals surface area contributed by atoms with Crippen molar-refractivity contribution in [3.05, 3.63) is 22.8 Å². The number of amides is 1. The van der Waals surface area contributed by atoms with E-state index in [4.69, 9.17) is 0 Å². The molecule has 330 valence electrons. The molecular formula is C25H10F25N3O5. The largest absolute Gasteiger partial charge is 0.460 e. The van der Waals surface area contributed by atoms with Gasteiger partial charge in [-0.15, -0.1) is 0 Å². The number of benzene rings is 1. The molecule has 0 aliphatic carbocycles. The van der Waals surface area contributed by atoms with E-state index in [0.29, 0.717) is 19.1 Å². The van der Waals surface area contributed by atoms with E-state index in [1.165, 1.54) is 0 Å². The smallest absolute Gasteiger partial charge is 0.445 e. The normalized spacial score (nSPS) is 14.7. The summed E-state index contributed by atoms with van der Waals surface area (Å²) >= 11 is 0. The number of halogens is 25. The van der Waals surface area contributed by atoms with Crippen LogP contribution in [-0.2, 0) is 25.0 Å². The summed E-state index contributed by atoms with van der Waals surface area (Å²) in [5.41, 5.74) is -11.4. The molecule has 8 nitrogen and oxygen atoms in total. The zero-order valence-corrected chi connectivity index (χ0v) is 26.7. The van der Waals surface area contributed by atoms with Crippen molar-refractivity contribution in [3.8, 4) is 0 Å². The summed E-state index contributed by atoms with van der Waals surface area (Å²) in [4.78, 5) is 50.2. The van der Waals surface area contributed by atoms with Crippen LogP contribution in [0.3, 0.4) is 0 Å². The first-order valence-corrected chi connectivity index (χ1v) is 13.4. The lowest BCUT2D eigenvalue weighted by Crippen LogP contribution is -2.78. The minimum absolute atomic E-state index is 0.0830. The highest BCUT2D eigenvalue weighted by molar-refractivity contribution is 6.04. The highest BCUT2D eigenvalue weighted by atomic mass is 19.4. The number of esters is 1. The summed E-state index contributed by atoms with van der Waals surface area (Å²) in [6.07, 6.45) is -7.39. The van der Waals surface area contributed by atoms with Crippen molar-refractivity contribution in [1.82, 2.24) is 5.32 Å². The molecule has 1 rings (SSSR count). The Hall–Kier alpha value is -4.83. The van der Waals surface area contributed by atoms with Crippen LogP contribution < -0.4 is 5.32 Å². The van der Waals surface area contributed by atoms with Gasteiger partial charge in [-0.1, -0.05) is 0 Å². The SMILES string of the molecule is CC(=O)OCNC(=O)c1c(N=C=O)c(N=C=O)cc(C)c1C(F)(F)C(F)(F)C(F)(F)C(F)(F)C(F)(F)C(F)(F)C(F)(F)C(F)(F)C(F)(F)C(F)(F)C(F)(F)C(F)(F)F. The zero-order chi connectivity index (χ0) is 46.7. The molecule has 1 N–H and O–H groups in total. The Kier molecular flexibility index (Phi) is 13.0. The van der Waals surface area contributed by atoms with Crippen molar-refractivity contribution in [2.45, 2.75) is 85.2 Å². The molecule has 1 amide bonds. The Labute approximate surface area is 300 Å². The Bertz CT molecular complexity index is 1880. The Morgan fingerprint density at radius 1 is 0.569 bits per heavy atom. The Morgan fingerprint density at radius 3 is 1.21 bits per heavy atom. The number of aryl methyl sites for hydroxylation is 1. The Morgan fingerprint density at radius 2 is 0.897 bits per heavy atom. The third-order valence-electron chi connectivity index (χ3n) is 7.15. The van der Waals surface area contributed by atoms with Crippen molar-refractivity contribution in [2.75, 3.05) is 6.73 Å². The number of rotatable bonds is 16. The van der Waals surface area contributed by atoms with Crippen LogP contribution in [0.2, 0.25) is 0 Å². The predicted octanol–water partition coefficient (Wildman–Crippen LogP) is 9.19.